The molecular formula is C19H24N4OS. The number of fused-ring (bicyclic) bond motifs is 1. The van der Waals surface area contributed by atoms with Crippen LogP contribution in [-0.2, 0) is 0 Å². The average molecular weight is 356 g/mol. The lowest BCUT2D eigenvalue weighted by molar-refractivity contribution is 0.0221. The van der Waals surface area contributed by atoms with E-state index in [0.717, 1.165) is 40.9 Å². The number of thiazole rings is 1. The Morgan fingerprint density at radius 2 is 1.96 bits per heavy atom. The molecule has 3 heterocycles. The molecule has 1 aliphatic carbocycles. The predicted octanol–water partition coefficient (Wildman–Crippen LogP) is 3.95. The minimum absolute atomic E-state index is 0.154. The molecule has 0 spiro atoms. The van der Waals surface area contributed by atoms with Gasteiger partial charge in [0.2, 0.25) is 0 Å². The lowest BCUT2D eigenvalue weighted by Crippen LogP contribution is -2.52. The third-order valence-electron chi connectivity index (χ3n) is 5.75. The first-order chi connectivity index (χ1) is 12.1. The molecule has 2 aromatic heterocycles. The number of carbonyl (C=O) groups is 1. The van der Waals surface area contributed by atoms with Gasteiger partial charge in [-0.2, -0.15) is 0 Å². The molecule has 4 rings (SSSR count). The van der Waals surface area contributed by atoms with Gasteiger partial charge in [0.1, 0.15) is 4.88 Å². The van der Waals surface area contributed by atoms with Gasteiger partial charge in [-0.05, 0) is 44.1 Å². The third-order valence-corrected chi connectivity index (χ3v) is 6.89. The van der Waals surface area contributed by atoms with E-state index in [4.69, 9.17) is 0 Å². The van der Waals surface area contributed by atoms with Gasteiger partial charge in [-0.15, -0.1) is 11.3 Å². The molecule has 6 heteroatoms. The number of rotatable bonds is 2. The average Bonchev–Trinajstić information content (AvgIpc) is 3.04. The summed E-state index contributed by atoms with van der Waals surface area (Å²) in [5.41, 5.74) is 0.795. The van der Waals surface area contributed by atoms with Crippen molar-refractivity contribution in [3.8, 4) is 10.8 Å². The first-order valence-electron chi connectivity index (χ1n) is 9.21. The minimum atomic E-state index is 0.154. The number of amides is 1. The molecule has 0 aromatic carbocycles. The molecule has 2 aromatic rings. The van der Waals surface area contributed by atoms with Gasteiger partial charge in [0.25, 0.3) is 5.91 Å². The summed E-state index contributed by atoms with van der Waals surface area (Å²) < 4.78 is 0. The van der Waals surface area contributed by atoms with Crippen molar-refractivity contribution in [2.75, 3.05) is 6.54 Å². The smallest absolute Gasteiger partial charge is 0.266 e. The maximum atomic E-state index is 13.3. The van der Waals surface area contributed by atoms with Gasteiger partial charge in [-0.1, -0.05) is 19.8 Å². The molecule has 1 saturated carbocycles. The van der Waals surface area contributed by atoms with Gasteiger partial charge >= 0.3 is 0 Å². The van der Waals surface area contributed by atoms with Crippen molar-refractivity contribution < 1.29 is 4.79 Å². The van der Waals surface area contributed by atoms with E-state index >= 15 is 0 Å². The van der Waals surface area contributed by atoms with Crippen LogP contribution in [0.5, 0.6) is 0 Å². The molecule has 1 amide bonds. The molecule has 1 saturated heterocycles. The fourth-order valence-electron chi connectivity index (χ4n) is 4.40. The van der Waals surface area contributed by atoms with E-state index < -0.39 is 0 Å². The Labute approximate surface area is 152 Å². The lowest BCUT2D eigenvalue weighted by Gasteiger charge is -2.47. The Kier molecular flexibility index (Phi) is 4.54. The second-order valence-electron chi connectivity index (χ2n) is 7.29. The highest BCUT2D eigenvalue weighted by molar-refractivity contribution is 7.17. The van der Waals surface area contributed by atoms with E-state index in [9.17, 15) is 4.79 Å². The molecule has 0 N–H and O–H groups in total. The molecule has 3 atom stereocenters. The van der Waals surface area contributed by atoms with Crippen molar-refractivity contribution in [1.82, 2.24) is 19.9 Å². The predicted molar refractivity (Wildman–Crippen MR) is 98.4 cm³/mol. The van der Waals surface area contributed by atoms with E-state index in [1.165, 1.54) is 30.6 Å². The molecule has 0 radical (unpaired) electrons. The van der Waals surface area contributed by atoms with Crippen LogP contribution in [0.1, 0.15) is 54.4 Å². The summed E-state index contributed by atoms with van der Waals surface area (Å²) in [6, 6.07) is 2.19. The summed E-state index contributed by atoms with van der Waals surface area (Å²) in [7, 11) is 0. The highest BCUT2D eigenvalue weighted by Gasteiger charge is 2.40. The zero-order valence-electron chi connectivity index (χ0n) is 14.8. The number of aryl methyl sites for hydroxylation is 1. The maximum absolute atomic E-state index is 13.3. The van der Waals surface area contributed by atoms with Gasteiger partial charge in [-0.25, -0.2) is 15.0 Å². The van der Waals surface area contributed by atoms with Gasteiger partial charge in [-0.3, -0.25) is 4.79 Å². The number of hydrogen-bond donors (Lipinski definition) is 0. The van der Waals surface area contributed by atoms with Crippen molar-refractivity contribution in [2.24, 2.45) is 11.8 Å². The number of nitrogens with zero attached hydrogens (tertiary/aromatic N) is 4. The summed E-state index contributed by atoms with van der Waals surface area (Å²) >= 11 is 1.43. The summed E-state index contributed by atoms with van der Waals surface area (Å²) in [6.07, 6.45) is 9.48. The molecule has 3 unspecified atom stereocenters. The number of carbonyl (C=O) groups excluding carboxylic acids is 1. The van der Waals surface area contributed by atoms with Gasteiger partial charge in [0.05, 0.1) is 5.69 Å². The quantitative estimate of drug-likeness (QED) is 0.817. The van der Waals surface area contributed by atoms with E-state index in [1.54, 1.807) is 18.5 Å². The van der Waals surface area contributed by atoms with Crippen LogP contribution in [0.4, 0.5) is 0 Å². The maximum Gasteiger partial charge on any atom is 0.266 e. The number of piperidine rings is 1. The largest absolute Gasteiger partial charge is 0.335 e. The van der Waals surface area contributed by atoms with Crippen molar-refractivity contribution in [3.63, 3.8) is 0 Å². The fraction of sp³-hybridized carbons (Fsp3) is 0.579. The first-order valence-corrected chi connectivity index (χ1v) is 10.0. The third kappa shape index (κ3) is 3.08. The Balaban J connectivity index is 1.61. The van der Waals surface area contributed by atoms with Crippen LogP contribution in [-0.4, -0.2) is 38.3 Å². The Morgan fingerprint density at radius 1 is 1.20 bits per heavy atom. The standard InChI is InChI=1S/C19H24N4OS/c1-12-8-11-23(15-7-4-3-6-14(12)15)19(24)16-13(2)22-18(25-16)17-20-9-5-10-21-17/h5,9-10,12,14-15H,3-4,6-8,11H2,1-2H3. The molecule has 132 valence electrons. The van der Waals surface area contributed by atoms with Crippen LogP contribution in [0.25, 0.3) is 10.8 Å². The van der Waals surface area contributed by atoms with Crippen LogP contribution >= 0.6 is 11.3 Å². The fourth-order valence-corrected chi connectivity index (χ4v) is 5.37. The van der Waals surface area contributed by atoms with Crippen LogP contribution in [0.15, 0.2) is 18.5 Å². The van der Waals surface area contributed by atoms with Crippen LogP contribution in [0.3, 0.4) is 0 Å². The molecular weight excluding hydrogens is 332 g/mol. The van der Waals surface area contributed by atoms with Crippen LogP contribution in [0.2, 0.25) is 0 Å². The topological polar surface area (TPSA) is 59.0 Å². The number of aromatic nitrogens is 3. The first kappa shape index (κ1) is 16.6. The van der Waals surface area contributed by atoms with E-state index in [2.05, 4.69) is 26.8 Å². The van der Waals surface area contributed by atoms with Crippen molar-refractivity contribution >= 4 is 17.2 Å². The normalized spacial score (nSPS) is 26.3. The van der Waals surface area contributed by atoms with Gasteiger partial charge < -0.3 is 4.90 Å². The second-order valence-corrected chi connectivity index (χ2v) is 8.29. The van der Waals surface area contributed by atoms with Crippen molar-refractivity contribution in [3.05, 3.63) is 29.0 Å². The summed E-state index contributed by atoms with van der Waals surface area (Å²) in [5, 5.41) is 0.729. The lowest BCUT2D eigenvalue weighted by atomic mass is 9.72. The molecule has 5 nitrogen and oxygen atoms in total. The highest BCUT2D eigenvalue weighted by atomic mass is 32.1. The zero-order valence-corrected chi connectivity index (χ0v) is 15.6. The second kappa shape index (κ2) is 6.83. The van der Waals surface area contributed by atoms with E-state index in [-0.39, 0.29) is 5.91 Å². The molecule has 1 aliphatic heterocycles. The number of hydrogen-bond acceptors (Lipinski definition) is 5. The van der Waals surface area contributed by atoms with Crippen LogP contribution < -0.4 is 0 Å². The van der Waals surface area contributed by atoms with E-state index in [1.807, 2.05) is 6.92 Å². The molecule has 2 aliphatic rings. The van der Waals surface area contributed by atoms with Gasteiger partial charge in [0, 0.05) is 25.0 Å². The minimum Gasteiger partial charge on any atom is -0.335 e. The summed E-state index contributed by atoms with van der Waals surface area (Å²) in [6.45, 7) is 5.14. The Hall–Kier alpha value is -1.82. The SMILES string of the molecule is Cc1nc(-c2ncccn2)sc1C(=O)N1CCC(C)C2CCCCC21. The molecule has 25 heavy (non-hydrogen) atoms. The van der Waals surface area contributed by atoms with Crippen molar-refractivity contribution in [2.45, 2.75) is 52.0 Å². The number of likely N-dealkylation sites (tertiary alicyclic amines) is 1. The molecule has 0 bridgehead atoms. The van der Waals surface area contributed by atoms with E-state index in [0.29, 0.717) is 17.8 Å². The summed E-state index contributed by atoms with van der Waals surface area (Å²) in [5.74, 6) is 2.14. The Bertz CT molecular complexity index is 760. The monoisotopic (exact) mass is 356 g/mol. The summed E-state index contributed by atoms with van der Waals surface area (Å²) in [4.78, 5) is 29.3. The zero-order chi connectivity index (χ0) is 17.4. The Morgan fingerprint density at radius 3 is 2.76 bits per heavy atom. The molecule has 2 fully saturated rings. The van der Waals surface area contributed by atoms with Crippen molar-refractivity contribution in [1.29, 1.82) is 0 Å². The van der Waals surface area contributed by atoms with Crippen LogP contribution in [0, 0.1) is 18.8 Å². The van der Waals surface area contributed by atoms with Gasteiger partial charge in [0.15, 0.2) is 10.8 Å². The highest BCUT2D eigenvalue weighted by Crippen LogP contribution is 2.40.